The Kier molecular flexibility index (Phi) is 4.96. The molecule has 2 unspecified atom stereocenters. The third-order valence-electron chi connectivity index (χ3n) is 4.21. The molecule has 1 aromatic carbocycles. The number of ether oxygens (including phenoxy) is 3. The number of rotatable bonds is 5. The molecule has 1 saturated heterocycles. The van der Waals surface area contributed by atoms with Gasteiger partial charge in [-0.25, -0.2) is 0 Å². The zero-order valence-electron chi connectivity index (χ0n) is 13.2. The Morgan fingerprint density at radius 1 is 1.10 bits per heavy atom. The van der Waals surface area contributed by atoms with E-state index < -0.39 is 5.60 Å². The van der Waals surface area contributed by atoms with Gasteiger partial charge < -0.3 is 24.6 Å². The number of hydrogen-bond donors (Lipinski definition) is 2. The van der Waals surface area contributed by atoms with Crippen molar-refractivity contribution in [2.75, 3.05) is 27.9 Å². The molecule has 0 spiro atoms. The fourth-order valence-corrected chi connectivity index (χ4v) is 3.01. The fourth-order valence-electron chi connectivity index (χ4n) is 3.01. The maximum atomic E-state index is 11.1. The van der Waals surface area contributed by atoms with E-state index in [9.17, 15) is 5.11 Å². The summed E-state index contributed by atoms with van der Waals surface area (Å²) >= 11 is 0. The third kappa shape index (κ3) is 3.09. The minimum absolute atomic E-state index is 0.0255. The van der Waals surface area contributed by atoms with Gasteiger partial charge in [-0.1, -0.05) is 6.42 Å². The van der Waals surface area contributed by atoms with Crippen molar-refractivity contribution >= 4 is 0 Å². The van der Waals surface area contributed by atoms with E-state index in [1.807, 2.05) is 6.92 Å². The van der Waals surface area contributed by atoms with Crippen LogP contribution in [0.15, 0.2) is 12.1 Å². The van der Waals surface area contributed by atoms with Crippen molar-refractivity contribution in [1.82, 2.24) is 5.32 Å². The molecule has 0 aliphatic carbocycles. The summed E-state index contributed by atoms with van der Waals surface area (Å²) in [7, 11) is 4.76. The molecular weight excluding hydrogens is 270 g/mol. The second-order valence-electron chi connectivity index (χ2n) is 5.56. The molecule has 1 aromatic rings. The van der Waals surface area contributed by atoms with Crippen LogP contribution in [0.2, 0.25) is 0 Å². The molecule has 0 saturated carbocycles. The minimum atomic E-state index is -1.08. The zero-order chi connectivity index (χ0) is 15.5. The van der Waals surface area contributed by atoms with Crippen molar-refractivity contribution in [2.45, 2.75) is 37.8 Å². The van der Waals surface area contributed by atoms with Gasteiger partial charge >= 0.3 is 0 Å². The molecule has 2 atom stereocenters. The van der Waals surface area contributed by atoms with Crippen LogP contribution in [-0.2, 0) is 5.60 Å². The lowest BCUT2D eigenvalue weighted by Gasteiger charge is -2.38. The molecule has 1 heterocycles. The lowest BCUT2D eigenvalue weighted by molar-refractivity contribution is 0.00171. The summed E-state index contributed by atoms with van der Waals surface area (Å²) in [6.45, 7) is 2.73. The van der Waals surface area contributed by atoms with E-state index in [4.69, 9.17) is 14.2 Å². The van der Waals surface area contributed by atoms with Gasteiger partial charge in [0.25, 0.3) is 0 Å². The highest BCUT2D eigenvalue weighted by Gasteiger charge is 2.39. The monoisotopic (exact) mass is 295 g/mol. The normalized spacial score (nSPS) is 21.5. The molecule has 21 heavy (non-hydrogen) atoms. The van der Waals surface area contributed by atoms with Crippen LogP contribution in [0.25, 0.3) is 0 Å². The molecule has 5 heteroatoms. The van der Waals surface area contributed by atoms with Crippen LogP contribution in [0.3, 0.4) is 0 Å². The highest BCUT2D eigenvalue weighted by atomic mass is 16.5. The highest BCUT2D eigenvalue weighted by Crippen LogP contribution is 2.43. The summed E-state index contributed by atoms with van der Waals surface area (Å²) in [6, 6.07) is 3.52. The van der Waals surface area contributed by atoms with Gasteiger partial charge in [0.05, 0.1) is 26.9 Å². The summed E-state index contributed by atoms with van der Waals surface area (Å²) in [5.41, 5.74) is -0.420. The Morgan fingerprint density at radius 3 is 2.14 bits per heavy atom. The van der Waals surface area contributed by atoms with Crippen molar-refractivity contribution in [1.29, 1.82) is 0 Å². The lowest BCUT2D eigenvalue weighted by Crippen LogP contribution is -2.49. The standard InChI is InChI=1S/C16H25NO4/c1-16(18,14-7-5-6-8-17-14)15-12(20-3)9-11(19-2)10-13(15)21-4/h9-10,14,17-18H,5-8H2,1-4H3. The maximum absolute atomic E-state index is 11.1. The minimum Gasteiger partial charge on any atom is -0.496 e. The van der Waals surface area contributed by atoms with Crippen molar-refractivity contribution < 1.29 is 19.3 Å². The molecule has 5 nitrogen and oxygen atoms in total. The topological polar surface area (TPSA) is 60.0 Å². The number of hydrogen-bond acceptors (Lipinski definition) is 5. The Hall–Kier alpha value is -1.46. The molecule has 1 aliphatic heterocycles. The van der Waals surface area contributed by atoms with Crippen LogP contribution in [0.1, 0.15) is 31.7 Å². The van der Waals surface area contributed by atoms with Gasteiger partial charge in [0, 0.05) is 18.2 Å². The van der Waals surface area contributed by atoms with Crippen molar-refractivity contribution in [3.05, 3.63) is 17.7 Å². The van der Waals surface area contributed by atoms with Crippen LogP contribution in [0.5, 0.6) is 17.2 Å². The van der Waals surface area contributed by atoms with Crippen LogP contribution < -0.4 is 19.5 Å². The van der Waals surface area contributed by atoms with Crippen LogP contribution in [0, 0.1) is 0 Å². The summed E-state index contributed by atoms with van der Waals surface area (Å²) < 4.78 is 16.2. The SMILES string of the molecule is COc1cc(OC)c(C(C)(O)C2CCCCN2)c(OC)c1. The van der Waals surface area contributed by atoms with E-state index in [2.05, 4.69) is 5.32 Å². The van der Waals surface area contributed by atoms with Crippen LogP contribution in [0.4, 0.5) is 0 Å². The van der Waals surface area contributed by atoms with E-state index in [-0.39, 0.29) is 6.04 Å². The molecule has 0 bridgehead atoms. The maximum Gasteiger partial charge on any atom is 0.132 e. The number of methoxy groups -OCH3 is 3. The first-order valence-electron chi connectivity index (χ1n) is 7.30. The first kappa shape index (κ1) is 15.9. The van der Waals surface area contributed by atoms with E-state index in [0.717, 1.165) is 25.8 Å². The quantitative estimate of drug-likeness (QED) is 0.871. The third-order valence-corrected chi connectivity index (χ3v) is 4.21. The van der Waals surface area contributed by atoms with Gasteiger partial charge in [0.1, 0.15) is 22.8 Å². The van der Waals surface area contributed by atoms with Crippen molar-refractivity contribution in [2.24, 2.45) is 0 Å². The van der Waals surface area contributed by atoms with E-state index in [0.29, 0.717) is 22.8 Å². The Labute approximate surface area is 126 Å². The first-order valence-corrected chi connectivity index (χ1v) is 7.30. The molecule has 0 aromatic heterocycles. The molecule has 0 radical (unpaired) electrons. The van der Waals surface area contributed by atoms with Gasteiger partial charge in [-0.05, 0) is 26.3 Å². The van der Waals surface area contributed by atoms with Crippen molar-refractivity contribution in [3.63, 3.8) is 0 Å². The average molecular weight is 295 g/mol. The molecular formula is C16H25NO4. The van der Waals surface area contributed by atoms with Gasteiger partial charge in [0.2, 0.25) is 0 Å². The van der Waals surface area contributed by atoms with Crippen LogP contribution >= 0.6 is 0 Å². The van der Waals surface area contributed by atoms with E-state index in [1.54, 1.807) is 33.5 Å². The van der Waals surface area contributed by atoms with Gasteiger partial charge in [-0.3, -0.25) is 0 Å². The van der Waals surface area contributed by atoms with Crippen LogP contribution in [-0.4, -0.2) is 39.0 Å². The molecule has 118 valence electrons. The smallest absolute Gasteiger partial charge is 0.132 e. The Morgan fingerprint density at radius 2 is 1.71 bits per heavy atom. The summed E-state index contributed by atoms with van der Waals surface area (Å²) in [4.78, 5) is 0. The average Bonchev–Trinajstić information content (AvgIpc) is 2.54. The molecule has 2 rings (SSSR count). The fraction of sp³-hybridized carbons (Fsp3) is 0.625. The number of nitrogens with one attached hydrogen (secondary N) is 1. The summed E-state index contributed by atoms with van der Waals surface area (Å²) in [6.07, 6.45) is 3.17. The van der Waals surface area contributed by atoms with Gasteiger partial charge in [-0.15, -0.1) is 0 Å². The second-order valence-corrected chi connectivity index (χ2v) is 5.56. The molecule has 1 aliphatic rings. The zero-order valence-corrected chi connectivity index (χ0v) is 13.2. The van der Waals surface area contributed by atoms with E-state index in [1.165, 1.54) is 0 Å². The lowest BCUT2D eigenvalue weighted by atomic mass is 9.82. The first-order chi connectivity index (χ1) is 10.0. The molecule has 0 amide bonds. The van der Waals surface area contributed by atoms with Gasteiger partial charge in [-0.2, -0.15) is 0 Å². The Bertz CT molecular complexity index is 456. The summed E-state index contributed by atoms with van der Waals surface area (Å²) in [5.74, 6) is 1.78. The van der Waals surface area contributed by atoms with Crippen molar-refractivity contribution in [3.8, 4) is 17.2 Å². The Balaban J connectivity index is 2.49. The van der Waals surface area contributed by atoms with E-state index >= 15 is 0 Å². The predicted octanol–water partition coefficient (Wildman–Crippen LogP) is 2.06. The predicted molar refractivity (Wildman–Crippen MR) is 81.3 cm³/mol. The molecule has 1 fully saturated rings. The number of aliphatic hydroxyl groups is 1. The summed E-state index contributed by atoms with van der Waals surface area (Å²) in [5, 5.41) is 14.5. The number of piperidine rings is 1. The van der Waals surface area contributed by atoms with Gasteiger partial charge in [0.15, 0.2) is 0 Å². The second kappa shape index (κ2) is 6.54. The largest absolute Gasteiger partial charge is 0.496 e. The highest BCUT2D eigenvalue weighted by molar-refractivity contribution is 5.54. The number of benzene rings is 1. The molecule has 2 N–H and O–H groups in total.